The molecule has 1 rings (SSSR count). The third-order valence-electron chi connectivity index (χ3n) is 2.25. The van der Waals surface area contributed by atoms with Crippen LogP contribution < -0.4 is 9.64 Å². The van der Waals surface area contributed by atoms with Crippen molar-refractivity contribution in [1.29, 1.82) is 0 Å². The fourth-order valence-electron chi connectivity index (χ4n) is 1.47. The molecule has 0 N–H and O–H groups in total. The second-order valence-corrected chi connectivity index (χ2v) is 3.90. The SMILES string of the molecule is CCN(CC)c1cc(Br)ccc1OC. The van der Waals surface area contributed by atoms with Gasteiger partial charge in [0.15, 0.2) is 0 Å². The predicted octanol–water partition coefficient (Wildman–Crippen LogP) is 3.30. The van der Waals surface area contributed by atoms with Gasteiger partial charge in [0, 0.05) is 17.6 Å². The Hall–Kier alpha value is -0.700. The van der Waals surface area contributed by atoms with E-state index < -0.39 is 0 Å². The first kappa shape index (κ1) is 11.4. The number of methoxy groups -OCH3 is 1. The highest BCUT2D eigenvalue weighted by atomic mass is 79.9. The number of ether oxygens (including phenoxy) is 1. The molecule has 1 aromatic rings. The summed E-state index contributed by atoms with van der Waals surface area (Å²) in [5, 5.41) is 0. The number of halogens is 1. The molecule has 0 bridgehead atoms. The lowest BCUT2D eigenvalue weighted by Crippen LogP contribution is -2.22. The quantitative estimate of drug-likeness (QED) is 0.821. The van der Waals surface area contributed by atoms with Crippen LogP contribution in [-0.4, -0.2) is 20.2 Å². The van der Waals surface area contributed by atoms with E-state index in [2.05, 4.69) is 40.7 Å². The lowest BCUT2D eigenvalue weighted by molar-refractivity contribution is 0.414. The highest BCUT2D eigenvalue weighted by molar-refractivity contribution is 9.10. The summed E-state index contributed by atoms with van der Waals surface area (Å²) in [6.07, 6.45) is 0. The van der Waals surface area contributed by atoms with E-state index >= 15 is 0 Å². The van der Waals surface area contributed by atoms with E-state index in [0.29, 0.717) is 0 Å². The van der Waals surface area contributed by atoms with Gasteiger partial charge in [0.1, 0.15) is 5.75 Å². The molecule has 0 aliphatic carbocycles. The first-order valence-electron chi connectivity index (χ1n) is 4.81. The second-order valence-electron chi connectivity index (χ2n) is 2.99. The molecule has 0 radical (unpaired) electrons. The lowest BCUT2D eigenvalue weighted by Gasteiger charge is -2.23. The fourth-order valence-corrected chi connectivity index (χ4v) is 1.82. The third-order valence-corrected chi connectivity index (χ3v) is 2.74. The summed E-state index contributed by atoms with van der Waals surface area (Å²) in [6, 6.07) is 6.06. The smallest absolute Gasteiger partial charge is 0.142 e. The van der Waals surface area contributed by atoms with Gasteiger partial charge in [-0.25, -0.2) is 0 Å². The number of hydrogen-bond donors (Lipinski definition) is 0. The summed E-state index contributed by atoms with van der Waals surface area (Å²) in [5.41, 5.74) is 1.15. The topological polar surface area (TPSA) is 12.5 Å². The predicted molar refractivity (Wildman–Crippen MR) is 64.3 cm³/mol. The van der Waals surface area contributed by atoms with Crippen LogP contribution in [0.1, 0.15) is 13.8 Å². The molecule has 3 heteroatoms. The summed E-state index contributed by atoms with van der Waals surface area (Å²) in [6.45, 7) is 6.26. The highest BCUT2D eigenvalue weighted by Crippen LogP contribution is 2.30. The third kappa shape index (κ3) is 2.41. The van der Waals surface area contributed by atoms with Crippen molar-refractivity contribution in [3.05, 3.63) is 22.7 Å². The van der Waals surface area contributed by atoms with Crippen molar-refractivity contribution in [2.75, 3.05) is 25.1 Å². The van der Waals surface area contributed by atoms with Gasteiger partial charge >= 0.3 is 0 Å². The van der Waals surface area contributed by atoms with E-state index in [4.69, 9.17) is 4.74 Å². The summed E-state index contributed by atoms with van der Waals surface area (Å²) >= 11 is 3.47. The molecule has 1 aromatic carbocycles. The van der Waals surface area contributed by atoms with Gasteiger partial charge in [0.2, 0.25) is 0 Å². The molecule has 14 heavy (non-hydrogen) atoms. The minimum atomic E-state index is 0.928. The minimum absolute atomic E-state index is 0.928. The van der Waals surface area contributed by atoms with Gasteiger partial charge in [0.25, 0.3) is 0 Å². The zero-order chi connectivity index (χ0) is 10.6. The molecule has 0 aromatic heterocycles. The zero-order valence-electron chi connectivity index (χ0n) is 8.88. The van der Waals surface area contributed by atoms with Crippen molar-refractivity contribution in [2.45, 2.75) is 13.8 Å². The molecule has 0 aliphatic rings. The van der Waals surface area contributed by atoms with E-state index in [1.54, 1.807) is 7.11 Å². The molecule has 0 heterocycles. The van der Waals surface area contributed by atoms with Gasteiger partial charge in [-0.3, -0.25) is 0 Å². The van der Waals surface area contributed by atoms with Crippen molar-refractivity contribution in [2.24, 2.45) is 0 Å². The number of hydrogen-bond acceptors (Lipinski definition) is 2. The molecule has 0 unspecified atom stereocenters. The van der Waals surface area contributed by atoms with Gasteiger partial charge in [0.05, 0.1) is 12.8 Å². The van der Waals surface area contributed by atoms with Crippen LogP contribution in [0.25, 0.3) is 0 Å². The standard InChI is InChI=1S/C11H16BrNO/c1-4-13(5-2)10-8-9(12)6-7-11(10)14-3/h6-8H,4-5H2,1-3H3. The summed E-state index contributed by atoms with van der Waals surface area (Å²) < 4.78 is 6.41. The fraction of sp³-hybridized carbons (Fsp3) is 0.455. The van der Waals surface area contributed by atoms with Crippen LogP contribution in [0, 0.1) is 0 Å². The Kier molecular flexibility index (Phi) is 4.26. The van der Waals surface area contributed by atoms with Crippen molar-refractivity contribution >= 4 is 21.6 Å². The van der Waals surface area contributed by atoms with Crippen molar-refractivity contribution in [1.82, 2.24) is 0 Å². The van der Waals surface area contributed by atoms with E-state index in [-0.39, 0.29) is 0 Å². The Bertz CT molecular complexity index is 297. The molecule has 2 nitrogen and oxygen atoms in total. The summed E-state index contributed by atoms with van der Waals surface area (Å²) in [7, 11) is 1.70. The molecule has 0 spiro atoms. The Balaban J connectivity index is 3.08. The van der Waals surface area contributed by atoms with Crippen molar-refractivity contribution in [3.63, 3.8) is 0 Å². The average molecular weight is 258 g/mol. The van der Waals surface area contributed by atoms with Crippen LogP contribution in [0.2, 0.25) is 0 Å². The minimum Gasteiger partial charge on any atom is -0.495 e. The van der Waals surface area contributed by atoms with Gasteiger partial charge in [-0.05, 0) is 32.0 Å². The molecule has 0 amide bonds. The van der Waals surface area contributed by atoms with Crippen LogP contribution in [-0.2, 0) is 0 Å². The monoisotopic (exact) mass is 257 g/mol. The Morgan fingerprint density at radius 1 is 1.29 bits per heavy atom. The molecular weight excluding hydrogens is 242 g/mol. The van der Waals surface area contributed by atoms with Gasteiger partial charge in [-0.15, -0.1) is 0 Å². The van der Waals surface area contributed by atoms with E-state index in [1.807, 2.05) is 12.1 Å². The molecule has 0 saturated heterocycles. The van der Waals surface area contributed by atoms with Gasteiger partial charge in [-0.2, -0.15) is 0 Å². The Labute approximate surface area is 94.0 Å². The van der Waals surface area contributed by atoms with Crippen LogP contribution in [0.4, 0.5) is 5.69 Å². The first-order valence-corrected chi connectivity index (χ1v) is 5.60. The maximum Gasteiger partial charge on any atom is 0.142 e. The number of benzene rings is 1. The zero-order valence-corrected chi connectivity index (χ0v) is 10.5. The molecule has 0 fully saturated rings. The number of anilines is 1. The average Bonchev–Trinajstić information content (AvgIpc) is 2.20. The lowest BCUT2D eigenvalue weighted by atomic mass is 10.2. The van der Waals surface area contributed by atoms with Crippen LogP contribution >= 0.6 is 15.9 Å². The van der Waals surface area contributed by atoms with Crippen molar-refractivity contribution in [3.8, 4) is 5.75 Å². The van der Waals surface area contributed by atoms with Crippen LogP contribution in [0.3, 0.4) is 0 Å². The normalized spacial score (nSPS) is 10.0. The second kappa shape index (κ2) is 5.25. The highest BCUT2D eigenvalue weighted by Gasteiger charge is 2.08. The molecule has 0 atom stereocenters. The van der Waals surface area contributed by atoms with Gasteiger partial charge in [-0.1, -0.05) is 15.9 Å². The Morgan fingerprint density at radius 2 is 1.93 bits per heavy atom. The maximum absolute atomic E-state index is 5.32. The van der Waals surface area contributed by atoms with Crippen molar-refractivity contribution < 1.29 is 4.74 Å². The number of rotatable bonds is 4. The largest absolute Gasteiger partial charge is 0.495 e. The van der Waals surface area contributed by atoms with Crippen LogP contribution in [0.5, 0.6) is 5.75 Å². The van der Waals surface area contributed by atoms with E-state index in [9.17, 15) is 0 Å². The van der Waals surface area contributed by atoms with E-state index in [0.717, 1.165) is 29.0 Å². The van der Waals surface area contributed by atoms with Gasteiger partial charge < -0.3 is 9.64 Å². The molecule has 0 aliphatic heterocycles. The summed E-state index contributed by atoms with van der Waals surface area (Å²) in [4.78, 5) is 2.27. The Morgan fingerprint density at radius 3 is 2.43 bits per heavy atom. The van der Waals surface area contributed by atoms with E-state index in [1.165, 1.54) is 0 Å². The molecular formula is C11H16BrNO. The molecule has 78 valence electrons. The first-order chi connectivity index (χ1) is 6.72. The summed E-state index contributed by atoms with van der Waals surface area (Å²) in [5.74, 6) is 0.928. The maximum atomic E-state index is 5.32. The van der Waals surface area contributed by atoms with Crippen LogP contribution in [0.15, 0.2) is 22.7 Å². The molecule has 0 saturated carbocycles. The number of nitrogens with zero attached hydrogens (tertiary/aromatic N) is 1.